The Balaban J connectivity index is 1.53. The number of pyridine rings is 1. The van der Waals surface area contributed by atoms with Crippen molar-refractivity contribution in [1.82, 2.24) is 14.9 Å². The van der Waals surface area contributed by atoms with Crippen molar-refractivity contribution in [3.8, 4) is 6.07 Å². The summed E-state index contributed by atoms with van der Waals surface area (Å²) < 4.78 is 0. The van der Waals surface area contributed by atoms with E-state index in [0.29, 0.717) is 11.6 Å². The monoisotopic (exact) mass is 327 g/mol. The number of aryl methyl sites for hydroxylation is 1. The van der Waals surface area contributed by atoms with E-state index in [9.17, 15) is 0 Å². The van der Waals surface area contributed by atoms with E-state index < -0.39 is 0 Å². The van der Waals surface area contributed by atoms with Crippen LogP contribution in [0.5, 0.6) is 0 Å². The average Bonchev–Trinajstić information content (AvgIpc) is 3.17. The lowest BCUT2D eigenvalue weighted by atomic mass is 10.1. The molecular weight excluding hydrogens is 306 g/mol. The van der Waals surface area contributed by atoms with E-state index in [2.05, 4.69) is 39.8 Å². The van der Waals surface area contributed by atoms with Crippen LogP contribution in [0.2, 0.25) is 0 Å². The van der Waals surface area contributed by atoms with Crippen LogP contribution in [0.4, 0.5) is 5.69 Å². The third-order valence-corrected chi connectivity index (χ3v) is 5.26. The molecule has 23 heavy (non-hydrogen) atoms. The highest BCUT2D eigenvalue weighted by Gasteiger charge is 2.24. The minimum atomic E-state index is 0.476. The SMILES string of the molecule is Cc1ncsc1CN(C)C[C@@H]1CCN(c2ccc(C#N)nc2)C1. The molecule has 1 saturated heterocycles. The van der Waals surface area contributed by atoms with Crippen molar-refractivity contribution in [2.75, 3.05) is 31.6 Å². The van der Waals surface area contributed by atoms with Gasteiger partial charge >= 0.3 is 0 Å². The molecule has 3 heterocycles. The molecule has 3 rings (SSSR count). The van der Waals surface area contributed by atoms with Crippen molar-refractivity contribution in [2.45, 2.75) is 19.9 Å². The first-order chi connectivity index (χ1) is 11.2. The quantitative estimate of drug-likeness (QED) is 0.845. The van der Waals surface area contributed by atoms with Crippen LogP contribution in [-0.4, -0.2) is 41.5 Å². The maximum Gasteiger partial charge on any atom is 0.140 e. The topological polar surface area (TPSA) is 56.1 Å². The molecule has 0 N–H and O–H groups in total. The molecule has 0 radical (unpaired) electrons. The molecule has 5 nitrogen and oxygen atoms in total. The number of aromatic nitrogens is 2. The largest absolute Gasteiger partial charge is 0.370 e. The molecule has 1 aliphatic heterocycles. The lowest BCUT2D eigenvalue weighted by Gasteiger charge is -2.22. The van der Waals surface area contributed by atoms with Crippen LogP contribution in [-0.2, 0) is 6.54 Å². The van der Waals surface area contributed by atoms with Gasteiger partial charge in [-0.15, -0.1) is 11.3 Å². The van der Waals surface area contributed by atoms with Crippen LogP contribution in [0.15, 0.2) is 23.8 Å². The Morgan fingerprint density at radius 1 is 1.43 bits per heavy atom. The zero-order valence-electron chi connectivity index (χ0n) is 13.6. The summed E-state index contributed by atoms with van der Waals surface area (Å²) in [7, 11) is 2.19. The Hall–Kier alpha value is -1.97. The van der Waals surface area contributed by atoms with Gasteiger partial charge < -0.3 is 9.80 Å². The molecule has 0 amide bonds. The highest BCUT2D eigenvalue weighted by Crippen LogP contribution is 2.24. The highest BCUT2D eigenvalue weighted by atomic mass is 32.1. The van der Waals surface area contributed by atoms with Crippen LogP contribution < -0.4 is 4.90 Å². The Morgan fingerprint density at radius 3 is 2.96 bits per heavy atom. The molecule has 1 aliphatic rings. The summed E-state index contributed by atoms with van der Waals surface area (Å²) in [5.41, 5.74) is 4.67. The minimum Gasteiger partial charge on any atom is -0.370 e. The Kier molecular flexibility index (Phi) is 4.89. The van der Waals surface area contributed by atoms with E-state index in [1.54, 1.807) is 17.4 Å². The molecule has 1 fully saturated rings. The first kappa shape index (κ1) is 15.9. The molecule has 1 atom stereocenters. The number of anilines is 1. The van der Waals surface area contributed by atoms with Crippen molar-refractivity contribution in [3.05, 3.63) is 40.1 Å². The van der Waals surface area contributed by atoms with Gasteiger partial charge in [0.05, 0.1) is 23.1 Å². The molecule has 2 aromatic heterocycles. The number of nitrogens with zero attached hydrogens (tertiary/aromatic N) is 5. The van der Waals surface area contributed by atoms with E-state index in [1.807, 2.05) is 17.8 Å². The first-order valence-electron chi connectivity index (χ1n) is 7.84. The molecular formula is C17H21N5S. The van der Waals surface area contributed by atoms with Gasteiger partial charge in [0.1, 0.15) is 11.8 Å². The van der Waals surface area contributed by atoms with Gasteiger partial charge in [0.25, 0.3) is 0 Å². The summed E-state index contributed by atoms with van der Waals surface area (Å²) >= 11 is 1.74. The van der Waals surface area contributed by atoms with Crippen molar-refractivity contribution < 1.29 is 0 Å². The van der Waals surface area contributed by atoms with Gasteiger partial charge in [-0.3, -0.25) is 0 Å². The minimum absolute atomic E-state index is 0.476. The molecule has 0 spiro atoms. The third kappa shape index (κ3) is 3.87. The van der Waals surface area contributed by atoms with Crippen molar-refractivity contribution in [3.63, 3.8) is 0 Å². The Morgan fingerprint density at radius 2 is 2.30 bits per heavy atom. The van der Waals surface area contributed by atoms with Gasteiger partial charge in [-0.05, 0) is 38.4 Å². The van der Waals surface area contributed by atoms with Gasteiger partial charge in [-0.2, -0.15) is 5.26 Å². The third-order valence-electron chi connectivity index (χ3n) is 4.34. The molecule has 0 bridgehead atoms. The smallest absolute Gasteiger partial charge is 0.140 e. The number of hydrogen-bond acceptors (Lipinski definition) is 6. The van der Waals surface area contributed by atoms with Crippen LogP contribution in [0.25, 0.3) is 0 Å². The van der Waals surface area contributed by atoms with Crippen LogP contribution in [0.1, 0.15) is 22.7 Å². The lowest BCUT2D eigenvalue weighted by molar-refractivity contribution is 0.281. The van der Waals surface area contributed by atoms with Gasteiger partial charge in [-0.25, -0.2) is 9.97 Å². The highest BCUT2D eigenvalue weighted by molar-refractivity contribution is 7.09. The number of rotatable bonds is 5. The second-order valence-electron chi connectivity index (χ2n) is 6.17. The van der Waals surface area contributed by atoms with Crippen molar-refractivity contribution in [1.29, 1.82) is 5.26 Å². The van der Waals surface area contributed by atoms with Gasteiger partial charge in [0.15, 0.2) is 0 Å². The zero-order valence-corrected chi connectivity index (χ0v) is 14.4. The Labute approximate surface area is 141 Å². The van der Waals surface area contributed by atoms with E-state index in [-0.39, 0.29) is 0 Å². The summed E-state index contributed by atoms with van der Waals surface area (Å²) in [4.78, 5) is 14.6. The van der Waals surface area contributed by atoms with Gasteiger partial charge in [-0.1, -0.05) is 0 Å². The zero-order chi connectivity index (χ0) is 16.2. The number of nitriles is 1. The fourth-order valence-corrected chi connectivity index (χ4v) is 3.94. The molecule has 120 valence electrons. The van der Waals surface area contributed by atoms with E-state index in [4.69, 9.17) is 5.26 Å². The lowest BCUT2D eigenvalue weighted by Crippen LogP contribution is -2.28. The molecule has 0 saturated carbocycles. The standard InChI is InChI=1S/C17H21N5S/c1-13-17(23-12-20-13)11-21(2)9-14-5-6-22(10-14)16-4-3-15(7-18)19-8-16/h3-4,8,12,14H,5-6,9-11H2,1-2H3/t14-/m0/s1. The van der Waals surface area contributed by atoms with Gasteiger partial charge in [0.2, 0.25) is 0 Å². The average molecular weight is 327 g/mol. The Bertz CT molecular complexity index is 688. The number of hydrogen-bond donors (Lipinski definition) is 0. The second-order valence-corrected chi connectivity index (χ2v) is 7.11. The first-order valence-corrected chi connectivity index (χ1v) is 8.72. The van der Waals surface area contributed by atoms with E-state index in [1.165, 1.54) is 11.3 Å². The molecule has 0 aliphatic carbocycles. The van der Waals surface area contributed by atoms with Crippen LogP contribution in [0, 0.1) is 24.2 Å². The van der Waals surface area contributed by atoms with E-state index >= 15 is 0 Å². The van der Waals surface area contributed by atoms with E-state index in [0.717, 1.165) is 37.6 Å². The molecule has 2 aromatic rings. The van der Waals surface area contributed by atoms with Crippen LogP contribution >= 0.6 is 11.3 Å². The summed E-state index contributed by atoms with van der Waals surface area (Å²) in [6.07, 6.45) is 3.01. The predicted molar refractivity (Wildman–Crippen MR) is 92.5 cm³/mol. The summed E-state index contributed by atoms with van der Waals surface area (Å²) in [6.45, 7) is 6.27. The predicted octanol–water partition coefficient (Wildman–Crippen LogP) is 2.68. The second kappa shape index (κ2) is 7.07. The molecule has 6 heteroatoms. The fourth-order valence-electron chi connectivity index (χ4n) is 3.08. The number of thiazole rings is 1. The summed E-state index contributed by atoms with van der Waals surface area (Å²) in [5.74, 6) is 0.670. The summed E-state index contributed by atoms with van der Waals surface area (Å²) in [6, 6.07) is 5.86. The van der Waals surface area contributed by atoms with Crippen LogP contribution in [0.3, 0.4) is 0 Å². The van der Waals surface area contributed by atoms with Crippen molar-refractivity contribution >= 4 is 17.0 Å². The molecule has 0 unspecified atom stereocenters. The van der Waals surface area contributed by atoms with Crippen molar-refractivity contribution in [2.24, 2.45) is 5.92 Å². The fraction of sp³-hybridized carbons (Fsp3) is 0.471. The maximum atomic E-state index is 8.82. The molecule has 0 aromatic carbocycles. The van der Waals surface area contributed by atoms with Gasteiger partial charge in [0, 0.05) is 31.1 Å². The summed E-state index contributed by atoms with van der Waals surface area (Å²) in [5, 5.41) is 8.82. The maximum absolute atomic E-state index is 8.82. The normalized spacial score (nSPS) is 17.7.